The van der Waals surface area contributed by atoms with Crippen LogP contribution in [0.4, 0.5) is 0 Å². The van der Waals surface area contributed by atoms with Crippen LogP contribution in [0, 0.1) is 6.92 Å². The topological polar surface area (TPSA) is 62.4 Å². The Balaban J connectivity index is 1.90. The molecular formula is C21H22N2O3. The van der Waals surface area contributed by atoms with Gasteiger partial charge >= 0.3 is 0 Å². The molecular weight excluding hydrogens is 328 g/mol. The van der Waals surface area contributed by atoms with Crippen molar-refractivity contribution < 1.29 is 9.53 Å². The van der Waals surface area contributed by atoms with E-state index in [2.05, 4.69) is 4.98 Å². The quantitative estimate of drug-likeness (QED) is 0.767. The minimum absolute atomic E-state index is 0.0734. The van der Waals surface area contributed by atoms with Crippen molar-refractivity contribution in [3.8, 4) is 5.75 Å². The lowest BCUT2D eigenvalue weighted by atomic mass is 10.1. The van der Waals surface area contributed by atoms with Crippen LogP contribution in [0.1, 0.15) is 23.6 Å². The first kappa shape index (κ1) is 17.7. The van der Waals surface area contributed by atoms with E-state index in [1.807, 2.05) is 49.4 Å². The van der Waals surface area contributed by atoms with E-state index in [0.717, 1.165) is 22.2 Å². The second-order valence-electron chi connectivity index (χ2n) is 6.44. The highest BCUT2D eigenvalue weighted by Gasteiger charge is 2.13. The van der Waals surface area contributed by atoms with Crippen LogP contribution in [0.25, 0.3) is 10.9 Å². The summed E-state index contributed by atoms with van der Waals surface area (Å²) in [6.07, 6.45) is 0. The Morgan fingerprint density at radius 1 is 1.08 bits per heavy atom. The Morgan fingerprint density at radius 3 is 2.46 bits per heavy atom. The maximum atomic E-state index is 12.4. The summed E-state index contributed by atoms with van der Waals surface area (Å²) in [5.41, 5.74) is 3.31. The largest absolute Gasteiger partial charge is 0.497 e. The first-order valence-electron chi connectivity index (χ1n) is 8.47. The van der Waals surface area contributed by atoms with Gasteiger partial charge in [-0.3, -0.25) is 9.59 Å². The molecule has 0 radical (unpaired) electrons. The van der Waals surface area contributed by atoms with E-state index in [-0.39, 0.29) is 18.0 Å². The molecule has 1 aromatic heterocycles. The Kier molecular flexibility index (Phi) is 5.07. The highest BCUT2D eigenvalue weighted by atomic mass is 16.5. The Hall–Kier alpha value is -3.08. The smallest absolute Gasteiger partial charge is 0.253 e. The van der Waals surface area contributed by atoms with Crippen LogP contribution >= 0.6 is 0 Å². The van der Waals surface area contributed by atoms with E-state index in [0.29, 0.717) is 12.1 Å². The van der Waals surface area contributed by atoms with Gasteiger partial charge < -0.3 is 14.6 Å². The average Bonchev–Trinajstić information content (AvgIpc) is 2.63. The minimum Gasteiger partial charge on any atom is -0.497 e. The number of aryl methyl sites for hydroxylation is 1. The van der Waals surface area contributed by atoms with E-state index < -0.39 is 0 Å². The standard InChI is InChI=1S/C21H22N2O3/c1-14-4-6-16(7-5-14)12-23(15(2)24)13-18-10-17-11-19(26-3)8-9-20(17)22-21(18)25/h4-11H,12-13H2,1-3H3,(H,22,25). The monoisotopic (exact) mass is 350 g/mol. The molecule has 0 aliphatic heterocycles. The molecule has 2 aromatic carbocycles. The van der Waals surface area contributed by atoms with E-state index >= 15 is 0 Å². The average molecular weight is 350 g/mol. The van der Waals surface area contributed by atoms with Crippen molar-refractivity contribution in [3.63, 3.8) is 0 Å². The van der Waals surface area contributed by atoms with Gasteiger partial charge in [-0.05, 0) is 36.8 Å². The van der Waals surface area contributed by atoms with Gasteiger partial charge in [0.15, 0.2) is 0 Å². The van der Waals surface area contributed by atoms with Crippen LogP contribution in [0.3, 0.4) is 0 Å². The zero-order valence-electron chi connectivity index (χ0n) is 15.2. The third-order valence-electron chi connectivity index (χ3n) is 4.43. The molecule has 0 fully saturated rings. The molecule has 0 saturated heterocycles. The molecule has 134 valence electrons. The number of nitrogens with one attached hydrogen (secondary N) is 1. The summed E-state index contributed by atoms with van der Waals surface area (Å²) in [5, 5.41) is 0.873. The number of nitrogens with zero attached hydrogens (tertiary/aromatic N) is 1. The molecule has 0 saturated carbocycles. The number of carbonyl (C=O) groups excluding carboxylic acids is 1. The van der Waals surface area contributed by atoms with Crippen molar-refractivity contribution in [1.82, 2.24) is 9.88 Å². The maximum absolute atomic E-state index is 12.4. The van der Waals surface area contributed by atoms with E-state index in [4.69, 9.17) is 4.74 Å². The second kappa shape index (κ2) is 7.44. The molecule has 5 nitrogen and oxygen atoms in total. The van der Waals surface area contributed by atoms with Crippen LogP contribution in [0.15, 0.2) is 53.3 Å². The molecule has 0 aliphatic carbocycles. The van der Waals surface area contributed by atoms with Gasteiger partial charge in [-0.1, -0.05) is 29.8 Å². The summed E-state index contributed by atoms with van der Waals surface area (Å²) >= 11 is 0. The highest BCUT2D eigenvalue weighted by Crippen LogP contribution is 2.19. The number of ether oxygens (including phenoxy) is 1. The lowest BCUT2D eigenvalue weighted by Gasteiger charge is -2.21. The number of carbonyl (C=O) groups is 1. The number of hydrogen-bond acceptors (Lipinski definition) is 3. The van der Waals surface area contributed by atoms with Gasteiger partial charge in [-0.15, -0.1) is 0 Å². The fraction of sp³-hybridized carbons (Fsp3) is 0.238. The van der Waals surface area contributed by atoms with Crippen molar-refractivity contribution in [3.05, 3.63) is 75.6 Å². The van der Waals surface area contributed by atoms with Crippen LogP contribution in [0.2, 0.25) is 0 Å². The van der Waals surface area contributed by atoms with Gasteiger partial charge in [0.05, 0.1) is 13.7 Å². The van der Waals surface area contributed by atoms with Crippen LogP contribution in [-0.4, -0.2) is 22.9 Å². The molecule has 0 atom stereocenters. The van der Waals surface area contributed by atoms with Gasteiger partial charge in [0, 0.05) is 29.9 Å². The minimum atomic E-state index is -0.183. The summed E-state index contributed by atoms with van der Waals surface area (Å²) in [4.78, 5) is 29.1. The number of pyridine rings is 1. The molecule has 3 rings (SSSR count). The van der Waals surface area contributed by atoms with Crippen molar-refractivity contribution >= 4 is 16.8 Å². The summed E-state index contributed by atoms with van der Waals surface area (Å²) in [7, 11) is 1.60. The summed E-state index contributed by atoms with van der Waals surface area (Å²) in [6, 6.07) is 15.3. The summed E-state index contributed by atoms with van der Waals surface area (Å²) < 4.78 is 5.24. The van der Waals surface area contributed by atoms with E-state index in [9.17, 15) is 9.59 Å². The van der Waals surface area contributed by atoms with Gasteiger partial charge in [0.1, 0.15) is 5.75 Å². The number of fused-ring (bicyclic) bond motifs is 1. The molecule has 1 amide bonds. The highest BCUT2D eigenvalue weighted by molar-refractivity contribution is 5.80. The number of amides is 1. The van der Waals surface area contributed by atoms with Crippen LogP contribution in [-0.2, 0) is 17.9 Å². The van der Waals surface area contributed by atoms with Crippen LogP contribution < -0.4 is 10.3 Å². The molecule has 26 heavy (non-hydrogen) atoms. The molecule has 0 aliphatic rings. The second-order valence-corrected chi connectivity index (χ2v) is 6.44. The predicted molar refractivity (Wildman–Crippen MR) is 102 cm³/mol. The maximum Gasteiger partial charge on any atom is 0.253 e. The lowest BCUT2D eigenvalue weighted by molar-refractivity contribution is -0.130. The summed E-state index contributed by atoms with van der Waals surface area (Å²) in [6.45, 7) is 4.26. The third-order valence-corrected chi connectivity index (χ3v) is 4.43. The van der Waals surface area contributed by atoms with Crippen molar-refractivity contribution in [2.45, 2.75) is 26.9 Å². The van der Waals surface area contributed by atoms with E-state index in [1.54, 1.807) is 18.1 Å². The zero-order chi connectivity index (χ0) is 18.7. The Morgan fingerprint density at radius 2 is 1.81 bits per heavy atom. The normalized spacial score (nSPS) is 10.7. The lowest BCUT2D eigenvalue weighted by Crippen LogP contribution is -2.30. The number of benzene rings is 2. The van der Waals surface area contributed by atoms with Gasteiger partial charge in [0.2, 0.25) is 5.91 Å². The van der Waals surface area contributed by atoms with Crippen molar-refractivity contribution in [1.29, 1.82) is 0 Å². The predicted octanol–water partition coefficient (Wildman–Crippen LogP) is 3.39. The Labute approximate surface area is 152 Å². The number of H-pyrrole nitrogens is 1. The van der Waals surface area contributed by atoms with Gasteiger partial charge in [-0.2, -0.15) is 0 Å². The fourth-order valence-electron chi connectivity index (χ4n) is 2.87. The van der Waals surface area contributed by atoms with Crippen LogP contribution in [0.5, 0.6) is 5.75 Å². The molecule has 0 unspecified atom stereocenters. The summed E-state index contributed by atoms with van der Waals surface area (Å²) in [5.74, 6) is 0.647. The van der Waals surface area contributed by atoms with Crippen molar-refractivity contribution in [2.24, 2.45) is 0 Å². The van der Waals surface area contributed by atoms with Gasteiger partial charge in [0.25, 0.3) is 5.56 Å². The van der Waals surface area contributed by atoms with Crippen molar-refractivity contribution in [2.75, 3.05) is 7.11 Å². The number of aromatic amines is 1. The molecule has 5 heteroatoms. The first-order chi connectivity index (χ1) is 12.5. The molecule has 0 bridgehead atoms. The Bertz CT molecular complexity index is 990. The molecule has 3 aromatic rings. The SMILES string of the molecule is COc1ccc2[nH]c(=O)c(CN(Cc3ccc(C)cc3)C(C)=O)cc2c1. The fourth-order valence-corrected chi connectivity index (χ4v) is 2.87. The van der Waals surface area contributed by atoms with Gasteiger partial charge in [-0.25, -0.2) is 0 Å². The van der Waals surface area contributed by atoms with E-state index in [1.165, 1.54) is 12.5 Å². The zero-order valence-corrected chi connectivity index (χ0v) is 15.2. The molecule has 1 N–H and O–H groups in total. The molecule has 1 heterocycles. The number of methoxy groups -OCH3 is 1. The first-order valence-corrected chi connectivity index (χ1v) is 8.47. The number of rotatable bonds is 5. The molecule has 0 spiro atoms. The number of aromatic nitrogens is 1. The third kappa shape index (κ3) is 3.94. The number of hydrogen-bond donors (Lipinski definition) is 1.